The van der Waals surface area contributed by atoms with Gasteiger partial charge in [0.2, 0.25) is 0 Å². The van der Waals surface area contributed by atoms with E-state index in [-0.39, 0.29) is 12.6 Å². The molecule has 1 aliphatic rings. The van der Waals surface area contributed by atoms with Crippen LogP contribution in [0.5, 0.6) is 0 Å². The van der Waals surface area contributed by atoms with Crippen molar-refractivity contribution in [3.8, 4) is 0 Å². The van der Waals surface area contributed by atoms with Crippen LogP contribution in [0.25, 0.3) is 0 Å². The van der Waals surface area contributed by atoms with Crippen LogP contribution in [0.15, 0.2) is 0 Å². The van der Waals surface area contributed by atoms with Gasteiger partial charge in [-0.25, -0.2) is 9.59 Å². The van der Waals surface area contributed by atoms with Crippen molar-refractivity contribution in [3.63, 3.8) is 0 Å². The molecule has 2 amide bonds. The summed E-state index contributed by atoms with van der Waals surface area (Å²) >= 11 is 0. The van der Waals surface area contributed by atoms with Crippen LogP contribution >= 0.6 is 0 Å². The number of ether oxygens (including phenoxy) is 1. The molecule has 0 bridgehead atoms. The molecule has 0 aromatic carbocycles. The topological polar surface area (TPSA) is 78.9 Å². The fourth-order valence-electron chi connectivity index (χ4n) is 2.01. The summed E-state index contributed by atoms with van der Waals surface area (Å²) in [6.45, 7) is 1.49. The van der Waals surface area contributed by atoms with Gasteiger partial charge in [0.25, 0.3) is 0 Å². The number of aliphatic carboxylic acids is 1. The Morgan fingerprint density at radius 3 is 2.28 bits per heavy atom. The Hall–Kier alpha value is -1.30. The van der Waals surface area contributed by atoms with E-state index in [1.165, 1.54) is 13.5 Å². The zero-order valence-corrected chi connectivity index (χ0v) is 10.9. The summed E-state index contributed by atoms with van der Waals surface area (Å²) in [6.07, 6.45) is 4.59. The van der Waals surface area contributed by atoms with E-state index in [1.54, 1.807) is 4.90 Å². The van der Waals surface area contributed by atoms with Crippen molar-refractivity contribution in [2.45, 2.75) is 38.2 Å². The number of hydrogen-bond donors (Lipinski definition) is 2. The maximum absolute atomic E-state index is 11.9. The summed E-state index contributed by atoms with van der Waals surface area (Å²) in [5.74, 6) is -1.06. The minimum atomic E-state index is -1.06. The molecule has 2 N–H and O–H groups in total. The summed E-state index contributed by atoms with van der Waals surface area (Å²) in [5, 5.41) is 11.4. The molecule has 1 aliphatic heterocycles. The number of hydrogen-bond acceptors (Lipinski definition) is 3. The van der Waals surface area contributed by atoms with Gasteiger partial charge in [0, 0.05) is 20.2 Å². The SMILES string of the molecule is CO[C@@H](CNC(=O)N1CCCCCCC1)C(=O)O. The first-order chi connectivity index (χ1) is 8.65. The van der Waals surface area contributed by atoms with Crippen LogP contribution in [0.1, 0.15) is 32.1 Å². The van der Waals surface area contributed by atoms with Gasteiger partial charge in [-0.2, -0.15) is 0 Å². The van der Waals surface area contributed by atoms with Crippen LogP contribution < -0.4 is 5.32 Å². The molecule has 0 spiro atoms. The number of rotatable bonds is 4. The third-order valence-electron chi connectivity index (χ3n) is 3.14. The van der Waals surface area contributed by atoms with Gasteiger partial charge in [-0.05, 0) is 12.8 Å². The molecule has 104 valence electrons. The maximum atomic E-state index is 11.9. The van der Waals surface area contributed by atoms with Crippen LogP contribution in [0.3, 0.4) is 0 Å². The number of carboxylic acids is 1. The summed E-state index contributed by atoms with van der Waals surface area (Å²) in [5.41, 5.74) is 0. The molecular formula is C12H22N2O4. The lowest BCUT2D eigenvalue weighted by atomic mass is 10.1. The molecule has 6 heteroatoms. The van der Waals surface area contributed by atoms with Gasteiger partial charge < -0.3 is 20.1 Å². The highest BCUT2D eigenvalue weighted by Gasteiger charge is 2.20. The van der Waals surface area contributed by atoms with Gasteiger partial charge in [-0.1, -0.05) is 19.3 Å². The molecule has 6 nitrogen and oxygen atoms in total. The monoisotopic (exact) mass is 258 g/mol. The van der Waals surface area contributed by atoms with Gasteiger partial charge in [0.05, 0.1) is 6.54 Å². The third-order valence-corrected chi connectivity index (χ3v) is 3.14. The zero-order chi connectivity index (χ0) is 13.4. The maximum Gasteiger partial charge on any atom is 0.334 e. The molecule has 0 unspecified atom stereocenters. The average molecular weight is 258 g/mol. The Morgan fingerprint density at radius 2 is 1.78 bits per heavy atom. The Bertz CT molecular complexity index is 275. The smallest absolute Gasteiger partial charge is 0.334 e. The summed E-state index contributed by atoms with van der Waals surface area (Å²) in [7, 11) is 1.32. The second-order valence-electron chi connectivity index (χ2n) is 4.50. The molecule has 18 heavy (non-hydrogen) atoms. The van der Waals surface area contributed by atoms with Crippen molar-refractivity contribution >= 4 is 12.0 Å². The van der Waals surface area contributed by atoms with Gasteiger partial charge in [-0.3, -0.25) is 0 Å². The molecule has 0 radical (unpaired) electrons. The zero-order valence-electron chi connectivity index (χ0n) is 10.9. The second kappa shape index (κ2) is 7.92. The number of methoxy groups -OCH3 is 1. The van der Waals surface area contributed by atoms with Gasteiger partial charge in [0.15, 0.2) is 6.10 Å². The molecule has 1 heterocycles. The number of nitrogens with one attached hydrogen (secondary N) is 1. The first-order valence-electron chi connectivity index (χ1n) is 6.43. The molecular weight excluding hydrogens is 236 g/mol. The van der Waals surface area contributed by atoms with Crippen molar-refractivity contribution in [3.05, 3.63) is 0 Å². The minimum absolute atomic E-state index is 0.00116. The van der Waals surface area contributed by atoms with Crippen LogP contribution in [-0.4, -0.2) is 54.9 Å². The van der Waals surface area contributed by atoms with Crippen LogP contribution in [0.4, 0.5) is 4.79 Å². The van der Waals surface area contributed by atoms with E-state index in [2.05, 4.69) is 5.32 Å². The predicted octanol–water partition coefficient (Wildman–Crippen LogP) is 1.06. The normalized spacial score (nSPS) is 18.6. The quantitative estimate of drug-likeness (QED) is 0.790. The first-order valence-corrected chi connectivity index (χ1v) is 6.43. The van der Waals surface area contributed by atoms with E-state index in [0.717, 1.165) is 38.8 Å². The van der Waals surface area contributed by atoms with Crippen LogP contribution in [0, 0.1) is 0 Å². The number of nitrogens with zero attached hydrogens (tertiary/aromatic N) is 1. The molecule has 1 saturated heterocycles. The van der Waals surface area contributed by atoms with E-state index in [0.29, 0.717) is 0 Å². The Balaban J connectivity index is 2.35. The lowest BCUT2D eigenvalue weighted by molar-refractivity contribution is -0.148. The summed E-state index contributed by atoms with van der Waals surface area (Å²) in [6, 6.07) is -0.194. The molecule has 1 fully saturated rings. The average Bonchev–Trinajstić information content (AvgIpc) is 2.28. The number of amides is 2. The fourth-order valence-corrected chi connectivity index (χ4v) is 2.01. The van der Waals surface area contributed by atoms with Gasteiger partial charge in [0.1, 0.15) is 0 Å². The van der Waals surface area contributed by atoms with E-state index in [9.17, 15) is 9.59 Å². The van der Waals surface area contributed by atoms with E-state index in [4.69, 9.17) is 9.84 Å². The number of carbonyl (C=O) groups is 2. The molecule has 0 saturated carbocycles. The molecule has 0 aromatic heterocycles. The van der Waals surface area contributed by atoms with Crippen LogP contribution in [0.2, 0.25) is 0 Å². The largest absolute Gasteiger partial charge is 0.479 e. The highest BCUT2D eigenvalue weighted by molar-refractivity contribution is 5.77. The summed E-state index contributed by atoms with van der Waals surface area (Å²) < 4.78 is 4.76. The standard InChI is InChI=1S/C12H22N2O4/c1-18-10(11(15)16)9-13-12(17)14-7-5-3-2-4-6-8-14/h10H,2-9H2,1H3,(H,13,17)(H,15,16)/t10-/m0/s1. The highest BCUT2D eigenvalue weighted by Crippen LogP contribution is 2.10. The van der Waals surface area contributed by atoms with Crippen molar-refractivity contribution < 1.29 is 19.4 Å². The fraction of sp³-hybridized carbons (Fsp3) is 0.833. The lowest BCUT2D eigenvalue weighted by Crippen LogP contribution is -2.45. The van der Waals surface area contributed by atoms with Crippen molar-refractivity contribution in [1.29, 1.82) is 0 Å². The Labute approximate surface area is 107 Å². The molecule has 0 aromatic rings. The van der Waals surface area contributed by atoms with Crippen LogP contribution in [-0.2, 0) is 9.53 Å². The van der Waals surface area contributed by atoms with E-state index < -0.39 is 12.1 Å². The summed E-state index contributed by atoms with van der Waals surface area (Å²) in [4.78, 5) is 24.4. The Morgan fingerprint density at radius 1 is 1.22 bits per heavy atom. The third kappa shape index (κ3) is 4.91. The van der Waals surface area contributed by atoms with E-state index >= 15 is 0 Å². The first kappa shape index (κ1) is 14.8. The lowest BCUT2D eigenvalue weighted by Gasteiger charge is -2.25. The Kier molecular flexibility index (Phi) is 6.49. The van der Waals surface area contributed by atoms with Crippen molar-refractivity contribution in [2.24, 2.45) is 0 Å². The second-order valence-corrected chi connectivity index (χ2v) is 4.50. The molecule has 1 atom stereocenters. The molecule has 0 aliphatic carbocycles. The number of urea groups is 1. The number of carboxylic acid groups (broad SMARTS) is 1. The van der Waals surface area contributed by atoms with Gasteiger partial charge >= 0.3 is 12.0 Å². The predicted molar refractivity (Wildman–Crippen MR) is 66.5 cm³/mol. The van der Waals surface area contributed by atoms with E-state index in [1.807, 2.05) is 0 Å². The number of likely N-dealkylation sites (tertiary alicyclic amines) is 1. The van der Waals surface area contributed by atoms with Crippen molar-refractivity contribution in [1.82, 2.24) is 10.2 Å². The molecule has 1 rings (SSSR count). The number of carbonyl (C=O) groups excluding carboxylic acids is 1. The highest BCUT2D eigenvalue weighted by atomic mass is 16.5. The van der Waals surface area contributed by atoms with Gasteiger partial charge in [-0.15, -0.1) is 0 Å². The minimum Gasteiger partial charge on any atom is -0.479 e. The van der Waals surface area contributed by atoms with Crippen molar-refractivity contribution in [2.75, 3.05) is 26.7 Å².